The van der Waals surface area contributed by atoms with Gasteiger partial charge in [-0.05, 0) is 62.2 Å². The van der Waals surface area contributed by atoms with Gasteiger partial charge in [-0.15, -0.1) is 0 Å². The third kappa shape index (κ3) is 4.95. The topological polar surface area (TPSA) is 80.5 Å². The minimum atomic E-state index is -0.538. The molecular formula is C26H29FN4O3. The maximum Gasteiger partial charge on any atom is 0.322 e. The van der Waals surface area contributed by atoms with Crippen LogP contribution in [0.2, 0.25) is 0 Å². The normalized spacial score (nSPS) is 16.1. The summed E-state index contributed by atoms with van der Waals surface area (Å²) in [5.74, 6) is 1.18. The summed E-state index contributed by atoms with van der Waals surface area (Å²) >= 11 is 0. The second kappa shape index (κ2) is 10.5. The summed E-state index contributed by atoms with van der Waals surface area (Å²) in [7, 11) is 0. The number of halogens is 1. The summed E-state index contributed by atoms with van der Waals surface area (Å²) in [5, 5.41) is 7.22. The van der Waals surface area contributed by atoms with E-state index in [1.54, 1.807) is 17.0 Å². The lowest BCUT2D eigenvalue weighted by Crippen LogP contribution is -2.46. The molecule has 0 saturated carbocycles. The average molecular weight is 465 g/mol. The van der Waals surface area contributed by atoms with Gasteiger partial charge in [-0.25, -0.2) is 9.18 Å². The minimum absolute atomic E-state index is 0.196. The molecule has 0 aliphatic carbocycles. The van der Waals surface area contributed by atoms with Gasteiger partial charge in [0, 0.05) is 17.8 Å². The number of hydrogen-bond acceptors (Lipinski definition) is 5. The first kappa shape index (κ1) is 23.5. The molecule has 1 aliphatic heterocycles. The second-order valence-corrected chi connectivity index (χ2v) is 8.17. The largest absolute Gasteiger partial charge is 0.494 e. The first-order valence-electron chi connectivity index (χ1n) is 11.6. The minimum Gasteiger partial charge on any atom is -0.494 e. The van der Waals surface area contributed by atoms with E-state index in [0.717, 1.165) is 41.8 Å². The van der Waals surface area contributed by atoms with Gasteiger partial charge in [0.25, 0.3) is 5.89 Å². The monoisotopic (exact) mass is 464 g/mol. The molecular weight excluding hydrogens is 435 g/mol. The molecule has 0 fully saturated rings. The van der Waals surface area contributed by atoms with Crippen LogP contribution in [0, 0.1) is 5.82 Å². The Kier molecular flexibility index (Phi) is 7.25. The molecule has 0 spiro atoms. The Morgan fingerprint density at radius 3 is 2.50 bits per heavy atom. The number of ether oxygens (including phenoxy) is 1. The highest BCUT2D eigenvalue weighted by Crippen LogP contribution is 2.37. The van der Waals surface area contributed by atoms with Crippen LogP contribution < -0.4 is 10.1 Å². The fourth-order valence-corrected chi connectivity index (χ4v) is 4.07. The number of benzene rings is 2. The molecule has 1 aromatic heterocycles. The van der Waals surface area contributed by atoms with E-state index in [2.05, 4.69) is 22.4 Å². The van der Waals surface area contributed by atoms with Crippen molar-refractivity contribution in [3.8, 4) is 17.1 Å². The van der Waals surface area contributed by atoms with Crippen LogP contribution >= 0.6 is 0 Å². The third-order valence-corrected chi connectivity index (χ3v) is 5.86. The number of unbranched alkanes of at least 4 members (excludes halogenated alkanes) is 2. The zero-order chi connectivity index (χ0) is 24.1. The summed E-state index contributed by atoms with van der Waals surface area (Å²) < 4.78 is 24.8. The van der Waals surface area contributed by atoms with Crippen molar-refractivity contribution in [3.05, 3.63) is 71.5 Å². The van der Waals surface area contributed by atoms with Crippen molar-refractivity contribution in [1.29, 1.82) is 0 Å². The highest BCUT2D eigenvalue weighted by molar-refractivity contribution is 5.86. The summed E-state index contributed by atoms with van der Waals surface area (Å²) in [6, 6.07) is 12.8. The zero-order valence-corrected chi connectivity index (χ0v) is 19.7. The number of urea groups is 1. The summed E-state index contributed by atoms with van der Waals surface area (Å²) in [5.41, 5.74) is 2.97. The first-order valence-corrected chi connectivity index (χ1v) is 11.6. The van der Waals surface area contributed by atoms with Crippen molar-refractivity contribution in [2.45, 2.75) is 46.1 Å². The lowest BCUT2D eigenvalue weighted by Gasteiger charge is -2.35. The molecule has 7 nitrogen and oxygen atoms in total. The van der Waals surface area contributed by atoms with Crippen LogP contribution in [0.25, 0.3) is 17.0 Å². The van der Waals surface area contributed by atoms with Gasteiger partial charge in [0.05, 0.1) is 18.2 Å². The van der Waals surface area contributed by atoms with Crippen LogP contribution in [-0.4, -0.2) is 34.2 Å². The first-order chi connectivity index (χ1) is 16.5. The lowest BCUT2D eigenvalue weighted by atomic mass is 9.94. The number of nitrogens with zero attached hydrogens (tertiary/aromatic N) is 3. The van der Waals surface area contributed by atoms with Crippen molar-refractivity contribution in [2.75, 3.05) is 13.2 Å². The third-order valence-electron chi connectivity index (χ3n) is 5.86. The Bertz CT molecular complexity index is 1160. The molecule has 2 heterocycles. The van der Waals surface area contributed by atoms with Gasteiger partial charge in [-0.3, -0.25) is 4.90 Å². The van der Waals surface area contributed by atoms with Gasteiger partial charge in [0.15, 0.2) is 0 Å². The van der Waals surface area contributed by atoms with Crippen LogP contribution in [0.15, 0.2) is 58.8 Å². The fraction of sp³-hybridized carbons (Fsp3) is 0.346. The Hall–Kier alpha value is -3.68. The number of carbonyl (C=O) groups is 1. The van der Waals surface area contributed by atoms with Crippen molar-refractivity contribution >= 4 is 11.6 Å². The van der Waals surface area contributed by atoms with E-state index in [9.17, 15) is 9.18 Å². The maximum atomic E-state index is 13.6. The van der Waals surface area contributed by atoms with Gasteiger partial charge in [0.2, 0.25) is 5.82 Å². The maximum absolute atomic E-state index is 13.6. The molecule has 2 aromatic carbocycles. The van der Waals surface area contributed by atoms with Crippen molar-refractivity contribution in [3.63, 3.8) is 0 Å². The van der Waals surface area contributed by atoms with Crippen LogP contribution in [0.1, 0.15) is 57.5 Å². The van der Waals surface area contributed by atoms with E-state index in [1.165, 1.54) is 12.1 Å². The number of allylic oxidation sites excluding steroid dienone is 1. The Morgan fingerprint density at radius 2 is 1.82 bits per heavy atom. The smallest absolute Gasteiger partial charge is 0.322 e. The predicted molar refractivity (Wildman–Crippen MR) is 127 cm³/mol. The quantitative estimate of drug-likeness (QED) is 0.395. The van der Waals surface area contributed by atoms with E-state index in [-0.39, 0.29) is 11.8 Å². The average Bonchev–Trinajstić information content (AvgIpc) is 3.32. The lowest BCUT2D eigenvalue weighted by molar-refractivity contribution is 0.204. The SMILES string of the molecule is CCCCCN1C(=O)NC(c2ccc(F)cc2)C(c2nc(-c3ccc(OCC)cc3)no2)=C1C. The molecule has 178 valence electrons. The van der Waals surface area contributed by atoms with Gasteiger partial charge in [0.1, 0.15) is 11.6 Å². The number of amides is 2. The standard InChI is InChI=1S/C26H29FN4O3/c1-4-6-7-16-31-17(3)22(23(28-26(31)32)18-8-12-20(27)13-9-18)25-29-24(30-34-25)19-10-14-21(15-11-19)33-5-2/h8-15,23H,4-7,16H2,1-3H3,(H,28,32). The Morgan fingerprint density at radius 1 is 1.09 bits per heavy atom. The molecule has 1 unspecified atom stereocenters. The van der Waals surface area contributed by atoms with Crippen molar-refractivity contribution in [2.24, 2.45) is 0 Å². The molecule has 0 bridgehead atoms. The van der Waals surface area contributed by atoms with Crippen LogP contribution in [-0.2, 0) is 0 Å². The highest BCUT2D eigenvalue weighted by atomic mass is 19.1. The molecule has 0 radical (unpaired) electrons. The number of hydrogen-bond donors (Lipinski definition) is 1. The van der Waals surface area contributed by atoms with E-state index in [4.69, 9.17) is 9.26 Å². The summed E-state index contributed by atoms with van der Waals surface area (Å²) in [6.45, 7) is 7.12. The second-order valence-electron chi connectivity index (χ2n) is 8.17. The molecule has 1 N–H and O–H groups in total. The van der Waals surface area contributed by atoms with Crippen LogP contribution in [0.4, 0.5) is 9.18 Å². The van der Waals surface area contributed by atoms with E-state index >= 15 is 0 Å². The molecule has 4 rings (SSSR count). The molecule has 1 atom stereocenters. The molecule has 2 amide bonds. The number of aromatic nitrogens is 2. The number of nitrogens with one attached hydrogen (secondary N) is 1. The van der Waals surface area contributed by atoms with Crippen molar-refractivity contribution < 1.29 is 18.4 Å². The van der Waals surface area contributed by atoms with E-state index in [1.807, 2.05) is 38.1 Å². The fourth-order valence-electron chi connectivity index (χ4n) is 4.07. The van der Waals surface area contributed by atoms with Gasteiger partial charge >= 0.3 is 6.03 Å². The highest BCUT2D eigenvalue weighted by Gasteiger charge is 2.35. The van der Waals surface area contributed by atoms with E-state index in [0.29, 0.717) is 30.4 Å². The molecule has 34 heavy (non-hydrogen) atoms. The zero-order valence-electron chi connectivity index (χ0n) is 19.7. The number of rotatable bonds is 9. The Labute approximate surface area is 198 Å². The van der Waals surface area contributed by atoms with Crippen LogP contribution in [0.3, 0.4) is 0 Å². The van der Waals surface area contributed by atoms with Gasteiger partial charge in [-0.1, -0.05) is 37.1 Å². The summed E-state index contributed by atoms with van der Waals surface area (Å²) in [4.78, 5) is 19.3. The number of carbonyl (C=O) groups excluding carboxylic acids is 1. The molecule has 0 saturated heterocycles. The van der Waals surface area contributed by atoms with Gasteiger partial charge < -0.3 is 14.6 Å². The van der Waals surface area contributed by atoms with Crippen molar-refractivity contribution in [1.82, 2.24) is 20.4 Å². The van der Waals surface area contributed by atoms with E-state index < -0.39 is 6.04 Å². The Balaban J connectivity index is 1.72. The van der Waals surface area contributed by atoms with Crippen LogP contribution in [0.5, 0.6) is 5.75 Å². The summed E-state index contributed by atoms with van der Waals surface area (Å²) in [6.07, 6.45) is 2.96. The molecule has 3 aromatic rings. The predicted octanol–water partition coefficient (Wildman–Crippen LogP) is 5.96. The molecule has 8 heteroatoms. The van der Waals surface area contributed by atoms with Gasteiger partial charge in [-0.2, -0.15) is 4.98 Å². The molecule has 1 aliphatic rings.